The van der Waals surface area contributed by atoms with Crippen molar-refractivity contribution < 1.29 is 22.7 Å². The molecule has 1 aliphatic heterocycles. The van der Waals surface area contributed by atoms with Crippen molar-refractivity contribution in [2.24, 2.45) is 0 Å². The minimum atomic E-state index is -4.56. The summed E-state index contributed by atoms with van der Waals surface area (Å²) in [7, 11) is 2.11. The Kier molecular flexibility index (Phi) is 8.59. The molecule has 0 N–H and O–H groups in total. The predicted octanol–water partition coefficient (Wildman–Crippen LogP) is 5.58. The van der Waals surface area contributed by atoms with Gasteiger partial charge in [0.05, 0.1) is 16.8 Å². The summed E-state index contributed by atoms with van der Waals surface area (Å²) in [4.78, 5) is 25.4. The predicted molar refractivity (Wildman–Crippen MR) is 145 cm³/mol. The normalized spacial score (nSPS) is 14.9. The van der Waals surface area contributed by atoms with Gasteiger partial charge in [0.15, 0.2) is 0 Å². The largest absolute Gasteiger partial charge is 0.456 e. The molecule has 4 rings (SSSR count). The summed E-state index contributed by atoms with van der Waals surface area (Å²) in [5, 5.41) is 0. The van der Waals surface area contributed by atoms with Gasteiger partial charge in [0.2, 0.25) is 0 Å². The first-order valence-electron chi connectivity index (χ1n) is 13.1. The zero-order valence-corrected chi connectivity index (χ0v) is 22.9. The van der Waals surface area contributed by atoms with Crippen molar-refractivity contribution in [3.05, 3.63) is 88.5 Å². The Morgan fingerprint density at radius 2 is 1.64 bits per heavy atom. The number of esters is 1. The Morgan fingerprint density at radius 3 is 2.28 bits per heavy atom. The van der Waals surface area contributed by atoms with Crippen LogP contribution < -0.4 is 4.90 Å². The number of ether oxygens (including phenoxy) is 1. The zero-order chi connectivity index (χ0) is 28.2. The van der Waals surface area contributed by atoms with Gasteiger partial charge in [0.1, 0.15) is 11.4 Å². The van der Waals surface area contributed by atoms with E-state index in [2.05, 4.69) is 26.8 Å². The van der Waals surface area contributed by atoms with E-state index < -0.39 is 23.3 Å². The molecule has 2 heterocycles. The minimum absolute atomic E-state index is 0.0516. The van der Waals surface area contributed by atoms with E-state index in [0.717, 1.165) is 49.2 Å². The van der Waals surface area contributed by atoms with Crippen LogP contribution in [-0.2, 0) is 30.2 Å². The Bertz CT molecular complexity index is 1280. The van der Waals surface area contributed by atoms with E-state index in [1.54, 1.807) is 45.0 Å². The molecular weight excluding hydrogens is 505 g/mol. The number of nitrogens with zero attached hydrogens (tertiary/aromatic N) is 4. The van der Waals surface area contributed by atoms with E-state index in [1.807, 2.05) is 24.3 Å². The first kappa shape index (κ1) is 28.5. The van der Waals surface area contributed by atoms with E-state index in [0.29, 0.717) is 17.8 Å². The highest BCUT2D eigenvalue weighted by Crippen LogP contribution is 2.31. The molecule has 2 aromatic carbocycles. The van der Waals surface area contributed by atoms with Crippen molar-refractivity contribution in [1.29, 1.82) is 0 Å². The second kappa shape index (κ2) is 11.7. The number of likely N-dealkylation sites (N-methyl/N-ethyl adjacent to an activating group) is 1. The fourth-order valence-electron chi connectivity index (χ4n) is 4.50. The van der Waals surface area contributed by atoms with E-state index in [9.17, 15) is 18.0 Å². The lowest BCUT2D eigenvalue weighted by atomic mass is 10.0. The molecule has 1 aliphatic rings. The molecular formula is C30H35F3N4O2. The number of anilines is 1. The highest BCUT2D eigenvalue weighted by molar-refractivity contribution is 5.89. The minimum Gasteiger partial charge on any atom is -0.456 e. The molecule has 6 nitrogen and oxygen atoms in total. The van der Waals surface area contributed by atoms with Gasteiger partial charge in [-0.05, 0) is 76.1 Å². The third-order valence-electron chi connectivity index (χ3n) is 6.60. The van der Waals surface area contributed by atoms with Crippen molar-refractivity contribution in [1.82, 2.24) is 14.9 Å². The summed E-state index contributed by atoms with van der Waals surface area (Å²) >= 11 is 0. The van der Waals surface area contributed by atoms with E-state index >= 15 is 0 Å². The summed E-state index contributed by atoms with van der Waals surface area (Å²) in [5.41, 5.74) is 1.63. The molecule has 0 radical (unpaired) electrons. The van der Waals surface area contributed by atoms with Crippen LogP contribution in [0.25, 0.3) is 0 Å². The van der Waals surface area contributed by atoms with Crippen LogP contribution in [-0.4, -0.2) is 59.7 Å². The number of aromatic nitrogens is 2. The molecule has 1 fully saturated rings. The van der Waals surface area contributed by atoms with Gasteiger partial charge in [0.25, 0.3) is 0 Å². The molecule has 9 heteroatoms. The first-order chi connectivity index (χ1) is 18.4. The lowest BCUT2D eigenvalue weighted by Gasteiger charge is -2.34. The van der Waals surface area contributed by atoms with Gasteiger partial charge < -0.3 is 14.5 Å². The van der Waals surface area contributed by atoms with Crippen LogP contribution in [0.2, 0.25) is 0 Å². The molecule has 0 unspecified atom stereocenters. The SMILES string of the molecule is CN1CCN(c2ccc(Cc3ncc(C(F)(F)F)c(CCc4cccc(C(=O)OC(C)(C)C)c4)n3)cc2)CC1. The monoisotopic (exact) mass is 540 g/mol. The number of hydrogen-bond acceptors (Lipinski definition) is 6. The van der Waals surface area contributed by atoms with Gasteiger partial charge in [-0.2, -0.15) is 13.2 Å². The lowest BCUT2D eigenvalue weighted by molar-refractivity contribution is -0.138. The smallest absolute Gasteiger partial charge is 0.419 e. The van der Waals surface area contributed by atoms with E-state index in [-0.39, 0.29) is 18.5 Å². The summed E-state index contributed by atoms with van der Waals surface area (Å²) in [6.45, 7) is 9.28. The van der Waals surface area contributed by atoms with Crippen LogP contribution in [0.5, 0.6) is 0 Å². The highest BCUT2D eigenvalue weighted by Gasteiger charge is 2.34. The third-order valence-corrected chi connectivity index (χ3v) is 6.60. The van der Waals surface area contributed by atoms with Crippen LogP contribution in [0.15, 0.2) is 54.7 Å². The van der Waals surface area contributed by atoms with Crippen LogP contribution in [0.4, 0.5) is 18.9 Å². The lowest BCUT2D eigenvalue weighted by Crippen LogP contribution is -2.44. The topological polar surface area (TPSA) is 58.6 Å². The van der Waals surface area contributed by atoms with E-state index in [4.69, 9.17) is 4.74 Å². The molecule has 1 aromatic heterocycles. The maximum absolute atomic E-state index is 13.8. The molecule has 3 aromatic rings. The van der Waals surface area contributed by atoms with Crippen LogP contribution in [0, 0.1) is 0 Å². The number of halogens is 3. The molecule has 208 valence electrons. The van der Waals surface area contributed by atoms with Gasteiger partial charge in [-0.25, -0.2) is 14.8 Å². The van der Waals surface area contributed by atoms with Gasteiger partial charge in [0, 0.05) is 44.5 Å². The fraction of sp³-hybridized carbons (Fsp3) is 0.433. The number of benzene rings is 2. The Balaban J connectivity index is 1.47. The molecule has 0 aliphatic carbocycles. The number of carbonyl (C=O) groups excluding carboxylic acids is 1. The van der Waals surface area contributed by atoms with Crippen molar-refractivity contribution in [3.63, 3.8) is 0 Å². The van der Waals surface area contributed by atoms with Crippen LogP contribution in [0.3, 0.4) is 0 Å². The molecule has 39 heavy (non-hydrogen) atoms. The second-order valence-electron chi connectivity index (χ2n) is 11.0. The maximum Gasteiger partial charge on any atom is 0.419 e. The van der Waals surface area contributed by atoms with Crippen LogP contribution >= 0.6 is 0 Å². The Morgan fingerprint density at radius 1 is 0.949 bits per heavy atom. The number of piperazine rings is 1. The molecule has 0 saturated carbocycles. The number of rotatable bonds is 7. The average molecular weight is 541 g/mol. The van der Waals surface area contributed by atoms with E-state index in [1.165, 1.54) is 0 Å². The third kappa shape index (κ3) is 8.02. The zero-order valence-electron chi connectivity index (χ0n) is 22.9. The summed E-state index contributed by atoms with van der Waals surface area (Å²) in [6.07, 6.45) is -2.99. The Hall–Kier alpha value is -3.46. The van der Waals surface area contributed by atoms with Gasteiger partial charge in [-0.3, -0.25) is 0 Å². The average Bonchev–Trinajstić information content (AvgIpc) is 2.87. The van der Waals surface area contributed by atoms with Crippen molar-refractivity contribution in [2.75, 3.05) is 38.1 Å². The number of alkyl halides is 3. The summed E-state index contributed by atoms with van der Waals surface area (Å²) in [6, 6.07) is 14.8. The van der Waals surface area contributed by atoms with Gasteiger partial charge in [-0.15, -0.1) is 0 Å². The molecule has 0 spiro atoms. The number of aryl methyl sites for hydroxylation is 2. The van der Waals surface area contributed by atoms with Gasteiger partial charge >= 0.3 is 12.1 Å². The molecule has 1 saturated heterocycles. The standard InChI is InChI=1S/C30H35F3N4O2/c1-29(2,3)39-28(38)23-7-5-6-21(18-23)10-13-26-25(30(31,32)33)20-34-27(35-26)19-22-8-11-24(12-9-22)37-16-14-36(4)15-17-37/h5-9,11-12,18,20H,10,13-17,19H2,1-4H3. The molecule has 0 bridgehead atoms. The molecule has 0 amide bonds. The maximum atomic E-state index is 13.8. The summed E-state index contributed by atoms with van der Waals surface area (Å²) < 4.78 is 46.7. The van der Waals surface area contributed by atoms with Gasteiger partial charge in [-0.1, -0.05) is 24.3 Å². The summed E-state index contributed by atoms with van der Waals surface area (Å²) in [5.74, 6) is -0.129. The van der Waals surface area contributed by atoms with Crippen molar-refractivity contribution in [3.8, 4) is 0 Å². The molecule has 0 atom stereocenters. The number of carbonyl (C=O) groups is 1. The Labute approximate surface area is 227 Å². The highest BCUT2D eigenvalue weighted by atomic mass is 19.4. The number of hydrogen-bond donors (Lipinski definition) is 0. The van der Waals surface area contributed by atoms with Crippen molar-refractivity contribution in [2.45, 2.75) is 51.8 Å². The second-order valence-corrected chi connectivity index (χ2v) is 11.0. The fourth-order valence-corrected chi connectivity index (χ4v) is 4.50. The van der Waals surface area contributed by atoms with Crippen LogP contribution in [0.1, 0.15) is 59.3 Å². The quantitative estimate of drug-likeness (QED) is 0.365. The first-order valence-corrected chi connectivity index (χ1v) is 13.1. The van der Waals surface area contributed by atoms with Crippen molar-refractivity contribution >= 4 is 11.7 Å².